The molecule has 1 N–H and O–H groups in total. The Labute approximate surface area is 185 Å². The summed E-state index contributed by atoms with van der Waals surface area (Å²) < 4.78 is 2.99. The lowest BCUT2D eigenvalue weighted by Crippen LogP contribution is -2.33. The number of nitrogens with one attached hydrogen (secondary N) is 1. The van der Waals surface area contributed by atoms with Crippen LogP contribution in [0.4, 0.5) is 0 Å². The van der Waals surface area contributed by atoms with E-state index in [0.717, 1.165) is 10.4 Å². The SMILES string of the molecule is O=C(Cn1c(=O)c2cc(-c3cccs3)nn2c2ncccc21)NCc1ccc(Cl)cc1. The van der Waals surface area contributed by atoms with Crippen molar-refractivity contribution >= 4 is 45.5 Å². The van der Waals surface area contributed by atoms with Crippen LogP contribution in [0.2, 0.25) is 5.02 Å². The molecule has 4 heterocycles. The van der Waals surface area contributed by atoms with Gasteiger partial charge in [0, 0.05) is 17.8 Å². The van der Waals surface area contributed by atoms with Gasteiger partial charge in [-0.1, -0.05) is 29.8 Å². The van der Waals surface area contributed by atoms with Crippen molar-refractivity contribution in [2.24, 2.45) is 0 Å². The number of fused-ring (bicyclic) bond motifs is 3. The van der Waals surface area contributed by atoms with E-state index in [1.54, 1.807) is 52.4 Å². The minimum atomic E-state index is -0.294. The van der Waals surface area contributed by atoms with Crippen molar-refractivity contribution in [3.05, 3.63) is 87.1 Å². The second-order valence-corrected chi connectivity index (χ2v) is 8.33. The van der Waals surface area contributed by atoms with Crippen LogP contribution in [-0.2, 0) is 17.9 Å². The van der Waals surface area contributed by atoms with Gasteiger partial charge in [0.15, 0.2) is 5.65 Å². The van der Waals surface area contributed by atoms with Gasteiger partial charge in [0.1, 0.15) is 17.8 Å². The van der Waals surface area contributed by atoms with Crippen LogP contribution in [0.1, 0.15) is 5.56 Å². The van der Waals surface area contributed by atoms with Gasteiger partial charge >= 0.3 is 0 Å². The summed E-state index contributed by atoms with van der Waals surface area (Å²) in [6.07, 6.45) is 1.64. The molecule has 4 aromatic heterocycles. The smallest absolute Gasteiger partial charge is 0.277 e. The van der Waals surface area contributed by atoms with Crippen molar-refractivity contribution in [1.29, 1.82) is 0 Å². The van der Waals surface area contributed by atoms with Gasteiger partial charge in [-0.3, -0.25) is 14.2 Å². The van der Waals surface area contributed by atoms with Gasteiger partial charge in [-0.2, -0.15) is 5.10 Å². The zero-order chi connectivity index (χ0) is 21.4. The maximum atomic E-state index is 13.3. The van der Waals surface area contributed by atoms with E-state index in [1.807, 2.05) is 29.6 Å². The first-order valence-corrected chi connectivity index (χ1v) is 10.8. The molecule has 1 aromatic carbocycles. The number of hydrogen-bond acceptors (Lipinski definition) is 5. The highest BCUT2D eigenvalue weighted by Gasteiger charge is 2.17. The predicted molar refractivity (Wildman–Crippen MR) is 121 cm³/mol. The summed E-state index contributed by atoms with van der Waals surface area (Å²) in [5.41, 5.74) is 2.76. The lowest BCUT2D eigenvalue weighted by molar-refractivity contribution is -0.121. The molecule has 0 bridgehead atoms. The van der Waals surface area contributed by atoms with Crippen molar-refractivity contribution in [1.82, 2.24) is 24.5 Å². The molecular formula is C22H16ClN5O2S. The number of pyridine rings is 1. The highest BCUT2D eigenvalue weighted by molar-refractivity contribution is 7.13. The first-order valence-electron chi connectivity index (χ1n) is 9.52. The van der Waals surface area contributed by atoms with Crippen LogP contribution in [0.3, 0.4) is 0 Å². The summed E-state index contributed by atoms with van der Waals surface area (Å²) in [5.74, 6) is -0.274. The second-order valence-electron chi connectivity index (χ2n) is 6.94. The molecule has 1 amide bonds. The molecule has 0 saturated carbocycles. The van der Waals surface area contributed by atoms with Crippen molar-refractivity contribution in [2.75, 3.05) is 0 Å². The van der Waals surface area contributed by atoms with E-state index < -0.39 is 0 Å². The minimum Gasteiger partial charge on any atom is -0.350 e. The van der Waals surface area contributed by atoms with Gasteiger partial charge in [-0.25, -0.2) is 9.50 Å². The molecule has 9 heteroatoms. The Kier molecular flexibility index (Phi) is 5.01. The number of hydrogen-bond donors (Lipinski definition) is 1. The number of benzene rings is 1. The maximum absolute atomic E-state index is 13.3. The van der Waals surface area contributed by atoms with Gasteiger partial charge in [-0.05, 0) is 47.3 Å². The van der Waals surface area contributed by atoms with Crippen LogP contribution >= 0.6 is 22.9 Å². The number of nitrogens with zero attached hydrogens (tertiary/aromatic N) is 4. The first kappa shape index (κ1) is 19.5. The van der Waals surface area contributed by atoms with E-state index in [1.165, 1.54) is 4.57 Å². The molecule has 0 unspecified atom stereocenters. The number of rotatable bonds is 5. The van der Waals surface area contributed by atoms with Crippen LogP contribution < -0.4 is 10.9 Å². The Bertz CT molecular complexity index is 1460. The molecule has 5 aromatic rings. The van der Waals surface area contributed by atoms with Gasteiger partial charge < -0.3 is 5.32 Å². The van der Waals surface area contributed by atoms with Gasteiger partial charge in [0.2, 0.25) is 5.91 Å². The number of halogens is 1. The minimum absolute atomic E-state index is 0.120. The average Bonchev–Trinajstić information content (AvgIpc) is 3.46. The third kappa shape index (κ3) is 3.71. The number of thiophene rings is 1. The Balaban J connectivity index is 1.51. The van der Waals surface area contributed by atoms with Crippen molar-refractivity contribution in [2.45, 2.75) is 13.1 Å². The number of carbonyl (C=O) groups is 1. The summed E-state index contributed by atoms with van der Waals surface area (Å²) in [5, 5.41) is 10.0. The number of carbonyl (C=O) groups excluding carboxylic acids is 1. The Hall–Kier alpha value is -3.49. The maximum Gasteiger partial charge on any atom is 0.277 e. The molecule has 0 aliphatic heterocycles. The number of amides is 1. The fourth-order valence-corrected chi connectivity index (χ4v) is 4.22. The highest BCUT2D eigenvalue weighted by atomic mass is 35.5. The molecule has 0 aliphatic carbocycles. The molecule has 0 fully saturated rings. The molecule has 154 valence electrons. The van der Waals surface area contributed by atoms with Crippen LogP contribution in [0, 0.1) is 0 Å². The monoisotopic (exact) mass is 449 g/mol. The van der Waals surface area contributed by atoms with E-state index in [2.05, 4.69) is 15.4 Å². The van der Waals surface area contributed by atoms with Gasteiger partial charge in [-0.15, -0.1) is 11.3 Å². The summed E-state index contributed by atoms with van der Waals surface area (Å²) in [6.45, 7) is 0.225. The molecule has 0 atom stereocenters. The van der Waals surface area contributed by atoms with Crippen molar-refractivity contribution in [3.63, 3.8) is 0 Å². The lowest BCUT2D eigenvalue weighted by Gasteiger charge is -2.11. The molecule has 31 heavy (non-hydrogen) atoms. The second kappa shape index (κ2) is 7.98. The third-order valence-electron chi connectivity index (χ3n) is 4.91. The normalized spacial score (nSPS) is 11.3. The number of aromatic nitrogens is 4. The molecule has 7 nitrogen and oxygen atoms in total. The predicted octanol–water partition coefficient (Wildman–Crippen LogP) is 3.74. The zero-order valence-corrected chi connectivity index (χ0v) is 17.7. The van der Waals surface area contributed by atoms with E-state index >= 15 is 0 Å². The Morgan fingerprint density at radius 3 is 2.71 bits per heavy atom. The standard InChI is InChI=1S/C22H16ClN5O2S/c23-15-7-5-14(6-8-15)12-25-20(29)13-27-17-3-1-9-24-21(17)28-18(22(27)30)11-16(26-28)19-4-2-10-31-19/h1-11H,12-13H2,(H,25,29). The van der Waals surface area contributed by atoms with Crippen LogP contribution in [0.15, 0.2) is 71.0 Å². The largest absolute Gasteiger partial charge is 0.350 e. The fraction of sp³-hybridized carbons (Fsp3) is 0.0909. The van der Waals surface area contributed by atoms with E-state index in [-0.39, 0.29) is 18.0 Å². The lowest BCUT2D eigenvalue weighted by atomic mass is 10.2. The summed E-state index contributed by atoms with van der Waals surface area (Å²) >= 11 is 7.44. The molecular weight excluding hydrogens is 434 g/mol. The summed E-state index contributed by atoms with van der Waals surface area (Å²) in [6, 6.07) is 16.4. The molecule has 0 radical (unpaired) electrons. The van der Waals surface area contributed by atoms with Gasteiger partial charge in [0.25, 0.3) is 5.56 Å². The van der Waals surface area contributed by atoms with Crippen LogP contribution in [0.5, 0.6) is 0 Å². The molecule has 0 saturated heterocycles. The molecule has 5 rings (SSSR count). The average molecular weight is 450 g/mol. The molecule has 0 aliphatic rings. The Morgan fingerprint density at radius 2 is 1.94 bits per heavy atom. The fourth-order valence-electron chi connectivity index (χ4n) is 3.41. The van der Waals surface area contributed by atoms with Crippen LogP contribution in [0.25, 0.3) is 27.3 Å². The van der Waals surface area contributed by atoms with Crippen LogP contribution in [-0.4, -0.2) is 25.1 Å². The van der Waals surface area contributed by atoms with E-state index in [4.69, 9.17) is 11.6 Å². The third-order valence-corrected chi connectivity index (χ3v) is 6.05. The van der Waals surface area contributed by atoms with Crippen molar-refractivity contribution in [3.8, 4) is 10.6 Å². The zero-order valence-electron chi connectivity index (χ0n) is 16.2. The topological polar surface area (TPSA) is 81.3 Å². The van der Waals surface area contributed by atoms with E-state index in [0.29, 0.717) is 33.9 Å². The highest BCUT2D eigenvalue weighted by Crippen LogP contribution is 2.25. The Morgan fingerprint density at radius 1 is 1.10 bits per heavy atom. The van der Waals surface area contributed by atoms with Gasteiger partial charge in [0.05, 0.1) is 10.4 Å². The molecule has 0 spiro atoms. The summed E-state index contributed by atoms with van der Waals surface area (Å²) in [4.78, 5) is 31.3. The summed E-state index contributed by atoms with van der Waals surface area (Å²) in [7, 11) is 0. The quantitative estimate of drug-likeness (QED) is 0.443. The first-order chi connectivity index (χ1) is 15.1. The van der Waals surface area contributed by atoms with Crippen molar-refractivity contribution < 1.29 is 4.79 Å². The van der Waals surface area contributed by atoms with E-state index in [9.17, 15) is 9.59 Å².